The summed E-state index contributed by atoms with van der Waals surface area (Å²) in [5, 5.41) is 0. The molecule has 0 radical (unpaired) electrons. The van der Waals surface area contributed by atoms with Crippen molar-refractivity contribution in [3.05, 3.63) is 0 Å². The lowest BCUT2D eigenvalue weighted by atomic mass is 9.98. The van der Waals surface area contributed by atoms with Crippen LogP contribution in [0.25, 0.3) is 0 Å². The minimum atomic E-state index is -0.375. The Morgan fingerprint density at radius 2 is 1.94 bits per heavy atom. The number of nitrogens with two attached hydrogens (primary N) is 1. The molecular weight excluding hydrogens is 226 g/mol. The molecule has 0 spiro atoms. The average Bonchev–Trinajstić information content (AvgIpc) is 2.27. The largest absolute Gasteiger partial charge is 0.335 e. The average molecular weight is 255 g/mol. The Labute approximate surface area is 111 Å². The molecule has 1 saturated heterocycles. The van der Waals surface area contributed by atoms with Gasteiger partial charge in [0.05, 0.1) is 6.04 Å². The van der Waals surface area contributed by atoms with Crippen molar-refractivity contribution >= 4 is 5.91 Å². The normalized spacial score (nSPS) is 23.4. The lowest BCUT2D eigenvalue weighted by molar-refractivity contribution is -0.139. The highest BCUT2D eigenvalue weighted by Crippen LogP contribution is 2.19. The highest BCUT2D eigenvalue weighted by atomic mass is 16.2. The molecule has 0 aromatic heterocycles. The topological polar surface area (TPSA) is 49.6 Å². The van der Waals surface area contributed by atoms with Crippen LogP contribution in [0.4, 0.5) is 0 Å². The van der Waals surface area contributed by atoms with Crippen LogP contribution in [0, 0.1) is 5.92 Å². The second-order valence-corrected chi connectivity index (χ2v) is 6.17. The van der Waals surface area contributed by atoms with E-state index in [1.54, 1.807) is 0 Å². The summed E-state index contributed by atoms with van der Waals surface area (Å²) in [5.41, 5.74) is 6.04. The van der Waals surface area contributed by atoms with Crippen LogP contribution in [0.15, 0.2) is 0 Å². The summed E-state index contributed by atoms with van der Waals surface area (Å²) in [6.45, 7) is 10.3. The minimum Gasteiger partial charge on any atom is -0.335 e. The summed E-state index contributed by atoms with van der Waals surface area (Å²) in [4.78, 5) is 16.8. The van der Waals surface area contributed by atoms with E-state index >= 15 is 0 Å². The fourth-order valence-corrected chi connectivity index (χ4v) is 2.68. The van der Waals surface area contributed by atoms with E-state index in [-0.39, 0.29) is 23.9 Å². The first kappa shape index (κ1) is 15.4. The van der Waals surface area contributed by atoms with E-state index in [1.807, 2.05) is 18.7 Å². The van der Waals surface area contributed by atoms with E-state index in [9.17, 15) is 4.79 Å². The molecule has 4 heteroatoms. The third-order valence-corrected chi connectivity index (χ3v) is 3.81. The van der Waals surface area contributed by atoms with Crippen LogP contribution in [0.5, 0.6) is 0 Å². The molecule has 0 bridgehead atoms. The number of hydrogen-bond donors (Lipinski definition) is 1. The number of likely N-dealkylation sites (tertiary alicyclic amines) is 1. The van der Waals surface area contributed by atoms with E-state index in [4.69, 9.17) is 5.73 Å². The number of rotatable bonds is 4. The summed E-state index contributed by atoms with van der Waals surface area (Å²) in [6.07, 6.45) is 2.26. The molecule has 0 saturated carbocycles. The first-order valence-corrected chi connectivity index (χ1v) is 7.11. The Bertz CT molecular complexity index is 278. The molecule has 0 unspecified atom stereocenters. The molecule has 0 aromatic rings. The third kappa shape index (κ3) is 3.69. The highest BCUT2D eigenvalue weighted by Gasteiger charge is 2.32. The van der Waals surface area contributed by atoms with Gasteiger partial charge in [-0.05, 0) is 46.2 Å². The fourth-order valence-electron chi connectivity index (χ4n) is 2.68. The minimum absolute atomic E-state index is 0.111. The van der Waals surface area contributed by atoms with Crippen molar-refractivity contribution in [3.8, 4) is 0 Å². The monoisotopic (exact) mass is 255 g/mol. The molecular formula is C14H29N3O. The second-order valence-electron chi connectivity index (χ2n) is 6.17. The Hall–Kier alpha value is -0.610. The molecule has 1 amide bonds. The number of carbonyl (C=O) groups excluding carboxylic acids is 1. The number of amides is 1. The van der Waals surface area contributed by atoms with E-state index in [2.05, 4.69) is 25.8 Å². The number of carbonyl (C=O) groups is 1. The quantitative estimate of drug-likeness (QED) is 0.824. The molecule has 0 aliphatic carbocycles. The number of nitrogens with zero attached hydrogens (tertiary/aromatic N) is 2. The van der Waals surface area contributed by atoms with Crippen molar-refractivity contribution in [1.82, 2.24) is 9.80 Å². The SMILES string of the molecule is CC(C)[C@H](N)C(=O)N(C(C)C)[C@H]1CCCN(C)C1. The second kappa shape index (κ2) is 6.53. The molecule has 1 aliphatic heterocycles. The van der Waals surface area contributed by atoms with Gasteiger partial charge >= 0.3 is 0 Å². The zero-order valence-corrected chi connectivity index (χ0v) is 12.5. The number of hydrogen-bond acceptors (Lipinski definition) is 3. The van der Waals surface area contributed by atoms with Crippen LogP contribution in [0.1, 0.15) is 40.5 Å². The smallest absolute Gasteiger partial charge is 0.240 e. The van der Waals surface area contributed by atoms with Gasteiger partial charge in [0.1, 0.15) is 0 Å². The van der Waals surface area contributed by atoms with Gasteiger partial charge in [-0.15, -0.1) is 0 Å². The summed E-state index contributed by atoms with van der Waals surface area (Å²) >= 11 is 0. The third-order valence-electron chi connectivity index (χ3n) is 3.81. The van der Waals surface area contributed by atoms with Gasteiger partial charge in [-0.3, -0.25) is 4.79 Å². The lowest BCUT2D eigenvalue weighted by Gasteiger charge is -2.41. The molecule has 1 aliphatic rings. The van der Waals surface area contributed by atoms with E-state index in [1.165, 1.54) is 0 Å². The fraction of sp³-hybridized carbons (Fsp3) is 0.929. The number of likely N-dealkylation sites (N-methyl/N-ethyl adjacent to an activating group) is 1. The van der Waals surface area contributed by atoms with E-state index < -0.39 is 0 Å². The van der Waals surface area contributed by atoms with Crippen LogP contribution in [-0.2, 0) is 4.79 Å². The van der Waals surface area contributed by atoms with Crippen molar-refractivity contribution < 1.29 is 4.79 Å². The van der Waals surface area contributed by atoms with Crippen molar-refractivity contribution in [2.45, 2.75) is 58.7 Å². The van der Waals surface area contributed by atoms with Gasteiger partial charge in [-0.1, -0.05) is 13.8 Å². The van der Waals surface area contributed by atoms with Crippen LogP contribution < -0.4 is 5.73 Å². The van der Waals surface area contributed by atoms with Crippen LogP contribution >= 0.6 is 0 Å². The van der Waals surface area contributed by atoms with Crippen LogP contribution in [0.2, 0.25) is 0 Å². The van der Waals surface area contributed by atoms with E-state index in [0.29, 0.717) is 6.04 Å². The standard InChI is InChI=1S/C14H29N3O/c1-10(2)13(15)14(18)17(11(3)4)12-7-6-8-16(5)9-12/h10-13H,6-9,15H2,1-5H3/t12-,13-/m0/s1. The van der Waals surface area contributed by atoms with Gasteiger partial charge in [0, 0.05) is 18.6 Å². The molecule has 1 fully saturated rings. The molecule has 4 nitrogen and oxygen atoms in total. The molecule has 106 valence electrons. The van der Waals surface area contributed by atoms with Crippen molar-refractivity contribution in [1.29, 1.82) is 0 Å². The van der Waals surface area contributed by atoms with Gasteiger partial charge in [0.2, 0.25) is 5.91 Å². The molecule has 2 N–H and O–H groups in total. The lowest BCUT2D eigenvalue weighted by Crippen LogP contribution is -2.57. The maximum Gasteiger partial charge on any atom is 0.240 e. The zero-order chi connectivity index (χ0) is 13.9. The van der Waals surface area contributed by atoms with Gasteiger partial charge in [0.25, 0.3) is 0 Å². The maximum absolute atomic E-state index is 12.5. The van der Waals surface area contributed by atoms with Crippen molar-refractivity contribution in [2.24, 2.45) is 11.7 Å². The highest BCUT2D eigenvalue weighted by molar-refractivity contribution is 5.82. The summed E-state index contributed by atoms with van der Waals surface area (Å²) in [6, 6.07) is 0.166. The Morgan fingerprint density at radius 3 is 2.39 bits per heavy atom. The first-order chi connectivity index (χ1) is 8.34. The molecule has 1 heterocycles. The molecule has 0 aromatic carbocycles. The van der Waals surface area contributed by atoms with Crippen molar-refractivity contribution in [2.75, 3.05) is 20.1 Å². The predicted octanol–water partition coefficient (Wildman–Crippen LogP) is 1.30. The first-order valence-electron chi connectivity index (χ1n) is 7.11. The molecule has 2 atom stereocenters. The van der Waals surface area contributed by atoms with Crippen LogP contribution in [0.3, 0.4) is 0 Å². The van der Waals surface area contributed by atoms with Gasteiger partial charge in [-0.25, -0.2) is 0 Å². The molecule has 1 rings (SSSR count). The van der Waals surface area contributed by atoms with Gasteiger partial charge in [-0.2, -0.15) is 0 Å². The molecule has 18 heavy (non-hydrogen) atoms. The van der Waals surface area contributed by atoms with Crippen LogP contribution in [-0.4, -0.2) is 54.0 Å². The predicted molar refractivity (Wildman–Crippen MR) is 75.3 cm³/mol. The summed E-state index contributed by atoms with van der Waals surface area (Å²) < 4.78 is 0. The maximum atomic E-state index is 12.5. The summed E-state index contributed by atoms with van der Waals surface area (Å²) in [7, 11) is 2.12. The van der Waals surface area contributed by atoms with E-state index in [0.717, 1.165) is 25.9 Å². The van der Waals surface area contributed by atoms with Gasteiger partial charge < -0.3 is 15.5 Å². The number of piperidine rings is 1. The summed E-state index contributed by atoms with van der Waals surface area (Å²) in [5.74, 6) is 0.306. The van der Waals surface area contributed by atoms with Gasteiger partial charge in [0.15, 0.2) is 0 Å². The Kier molecular flexibility index (Phi) is 5.60. The zero-order valence-electron chi connectivity index (χ0n) is 12.5. The van der Waals surface area contributed by atoms with Crippen molar-refractivity contribution in [3.63, 3.8) is 0 Å². The Morgan fingerprint density at radius 1 is 1.33 bits per heavy atom. The Balaban J connectivity index is 2.78.